The number of ether oxygens (including phenoxy) is 1. The number of benzene rings is 1. The van der Waals surface area contributed by atoms with Crippen molar-refractivity contribution < 1.29 is 27.1 Å². The fourth-order valence-electron chi connectivity index (χ4n) is 4.61. The monoisotopic (exact) mass is 530 g/mol. The van der Waals surface area contributed by atoms with Crippen molar-refractivity contribution >= 4 is 11.9 Å². The highest BCUT2D eigenvalue weighted by Gasteiger charge is 2.38. The van der Waals surface area contributed by atoms with E-state index in [0.717, 1.165) is 23.7 Å². The second kappa shape index (κ2) is 9.73. The predicted molar refractivity (Wildman–Crippen MR) is 130 cm³/mol. The van der Waals surface area contributed by atoms with E-state index < -0.39 is 29.6 Å². The van der Waals surface area contributed by atoms with Gasteiger partial charge in [0.1, 0.15) is 12.4 Å². The molecule has 1 saturated heterocycles. The average Bonchev–Trinajstić information content (AvgIpc) is 3.50. The van der Waals surface area contributed by atoms with Gasteiger partial charge in [0.25, 0.3) is 11.9 Å². The maximum atomic E-state index is 13.8. The summed E-state index contributed by atoms with van der Waals surface area (Å²) >= 11 is 0. The zero-order chi connectivity index (χ0) is 27.2. The fraction of sp³-hybridized carbons (Fsp3) is 0.385. The molecule has 0 bridgehead atoms. The molecule has 3 heterocycles. The highest BCUT2D eigenvalue weighted by Crippen LogP contribution is 2.41. The zero-order valence-corrected chi connectivity index (χ0v) is 20.8. The van der Waals surface area contributed by atoms with E-state index in [1.807, 2.05) is 0 Å². The first-order valence-electron chi connectivity index (χ1n) is 12.1. The number of carbonyl (C=O) groups excluding carboxylic acids is 1. The number of alkyl halides is 3. The molecule has 12 heteroatoms. The summed E-state index contributed by atoms with van der Waals surface area (Å²) in [6.07, 6.45) is -0.558. The van der Waals surface area contributed by atoms with Gasteiger partial charge in [-0.1, -0.05) is 0 Å². The van der Waals surface area contributed by atoms with Crippen molar-refractivity contribution in [3.63, 3.8) is 0 Å². The molecule has 1 aliphatic carbocycles. The minimum absolute atomic E-state index is 0.0367. The Kier molecular flexibility index (Phi) is 6.58. The molecule has 200 valence electrons. The Hall–Kier alpha value is -3.96. The minimum Gasteiger partial charge on any atom is -0.463 e. The molecule has 5 rings (SSSR count). The maximum Gasteiger partial charge on any atom is 0.435 e. The molecule has 1 atom stereocenters. The maximum absolute atomic E-state index is 13.8. The third kappa shape index (κ3) is 5.34. The van der Waals surface area contributed by atoms with E-state index in [0.29, 0.717) is 30.0 Å². The molecule has 1 amide bonds. The first kappa shape index (κ1) is 25.7. The number of halogens is 4. The molecule has 38 heavy (non-hydrogen) atoms. The Balaban J connectivity index is 1.52. The molecule has 2 aliphatic rings. The number of hydrogen-bond donors (Lipinski definition) is 2. The molecule has 1 aliphatic heterocycles. The highest BCUT2D eigenvalue weighted by atomic mass is 19.4. The molecule has 2 N–H and O–H groups in total. The standard InChI is InChI=1S/C26H26F4N6O2/c1-14-7-21(32-11-20(14)27)22(16-3-4-16)33-24(37)18-9-15(12-36-5-6-38-25(36)31)8-17(10-18)19-13-35(2)34-23(19)26(28,29)30/h7-11,13,16,22,31H,3-6,12H2,1-2H3,(H,33,37)/t22-/m0/s1. The number of pyridine rings is 1. The van der Waals surface area contributed by atoms with Gasteiger partial charge in [-0.15, -0.1) is 0 Å². The van der Waals surface area contributed by atoms with Gasteiger partial charge in [0, 0.05) is 30.9 Å². The Labute approximate surface area is 216 Å². The lowest BCUT2D eigenvalue weighted by atomic mass is 9.98. The van der Waals surface area contributed by atoms with Crippen molar-refractivity contribution in [3.05, 3.63) is 70.6 Å². The number of amidine groups is 1. The second-order valence-electron chi connectivity index (χ2n) is 9.70. The molecule has 0 unspecified atom stereocenters. The van der Waals surface area contributed by atoms with Gasteiger partial charge in [-0.25, -0.2) is 4.39 Å². The molecule has 0 radical (unpaired) electrons. The lowest BCUT2D eigenvalue weighted by Crippen LogP contribution is -2.31. The van der Waals surface area contributed by atoms with Crippen molar-refractivity contribution in [3.8, 4) is 11.1 Å². The Morgan fingerprint density at radius 3 is 2.66 bits per heavy atom. The summed E-state index contributed by atoms with van der Waals surface area (Å²) in [7, 11) is 1.40. The third-order valence-electron chi connectivity index (χ3n) is 6.69. The molecule has 8 nitrogen and oxygen atoms in total. The molecule has 2 fully saturated rings. The van der Waals surface area contributed by atoms with Gasteiger partial charge in [-0.2, -0.15) is 18.3 Å². The number of aryl methyl sites for hydroxylation is 2. The molecular formula is C26H26F4N6O2. The quantitative estimate of drug-likeness (QED) is 0.436. The summed E-state index contributed by atoms with van der Waals surface area (Å²) in [5, 5.41) is 14.5. The Morgan fingerprint density at radius 2 is 2.03 bits per heavy atom. The topological polar surface area (TPSA) is 96.1 Å². The summed E-state index contributed by atoms with van der Waals surface area (Å²) in [5.41, 5.74) is 0.611. The van der Waals surface area contributed by atoms with E-state index in [9.17, 15) is 22.4 Å². The SMILES string of the molecule is Cc1cc([C@@H](NC(=O)c2cc(CN3CCOC3=N)cc(-c3cn(C)nc3C(F)(F)F)c2)C2CC2)ncc1F. The van der Waals surface area contributed by atoms with Crippen LogP contribution in [0.25, 0.3) is 11.1 Å². The molecule has 2 aromatic heterocycles. The van der Waals surface area contributed by atoms with Crippen LogP contribution in [-0.4, -0.2) is 44.7 Å². The smallest absolute Gasteiger partial charge is 0.435 e. The van der Waals surface area contributed by atoms with E-state index in [2.05, 4.69) is 15.4 Å². The molecule has 3 aromatic rings. The molecular weight excluding hydrogens is 504 g/mol. The van der Waals surface area contributed by atoms with Crippen LogP contribution in [-0.2, 0) is 24.5 Å². The van der Waals surface area contributed by atoms with E-state index in [4.69, 9.17) is 10.1 Å². The summed E-state index contributed by atoms with van der Waals surface area (Å²) < 4.78 is 61.4. The van der Waals surface area contributed by atoms with Crippen molar-refractivity contribution in [2.24, 2.45) is 13.0 Å². The van der Waals surface area contributed by atoms with Crippen LogP contribution >= 0.6 is 0 Å². The van der Waals surface area contributed by atoms with Gasteiger partial charge >= 0.3 is 6.18 Å². The van der Waals surface area contributed by atoms with Crippen LogP contribution in [0.4, 0.5) is 17.6 Å². The van der Waals surface area contributed by atoms with Crippen molar-refractivity contribution in [2.75, 3.05) is 13.2 Å². The van der Waals surface area contributed by atoms with E-state index in [1.165, 1.54) is 19.3 Å². The van der Waals surface area contributed by atoms with Crippen LogP contribution in [0.1, 0.15) is 51.8 Å². The van der Waals surface area contributed by atoms with Gasteiger partial charge < -0.3 is 15.0 Å². The first-order chi connectivity index (χ1) is 18.0. The van der Waals surface area contributed by atoms with Crippen molar-refractivity contribution in [1.29, 1.82) is 5.41 Å². The Morgan fingerprint density at radius 1 is 1.26 bits per heavy atom. The van der Waals surface area contributed by atoms with Crippen molar-refractivity contribution in [2.45, 2.75) is 38.5 Å². The second-order valence-corrected chi connectivity index (χ2v) is 9.70. The number of carbonyl (C=O) groups is 1. The Bertz CT molecular complexity index is 1400. The highest BCUT2D eigenvalue weighted by molar-refractivity contribution is 5.96. The van der Waals surface area contributed by atoms with E-state index >= 15 is 0 Å². The van der Waals surface area contributed by atoms with Gasteiger partial charge in [-0.05, 0) is 66.6 Å². The van der Waals surface area contributed by atoms with Crippen LogP contribution in [0, 0.1) is 24.1 Å². The largest absolute Gasteiger partial charge is 0.463 e. The molecule has 1 saturated carbocycles. The summed E-state index contributed by atoms with van der Waals surface area (Å²) in [4.78, 5) is 19.3. The molecule has 1 aromatic carbocycles. The van der Waals surface area contributed by atoms with Gasteiger partial charge in [0.15, 0.2) is 5.69 Å². The van der Waals surface area contributed by atoms with Crippen LogP contribution in [0.15, 0.2) is 36.7 Å². The lowest BCUT2D eigenvalue weighted by Gasteiger charge is -2.20. The first-order valence-corrected chi connectivity index (χ1v) is 12.1. The summed E-state index contributed by atoms with van der Waals surface area (Å²) in [5.74, 6) is -0.796. The van der Waals surface area contributed by atoms with Gasteiger partial charge in [0.05, 0.1) is 24.5 Å². The lowest BCUT2D eigenvalue weighted by molar-refractivity contribution is -0.140. The van der Waals surface area contributed by atoms with Crippen LogP contribution in [0.5, 0.6) is 0 Å². The molecule has 0 spiro atoms. The number of amides is 1. The van der Waals surface area contributed by atoms with Crippen LogP contribution in [0.3, 0.4) is 0 Å². The number of aromatic nitrogens is 3. The zero-order valence-electron chi connectivity index (χ0n) is 20.8. The van der Waals surface area contributed by atoms with Crippen molar-refractivity contribution in [1.82, 2.24) is 25.0 Å². The predicted octanol–water partition coefficient (Wildman–Crippen LogP) is 4.60. The van der Waals surface area contributed by atoms with E-state index in [-0.39, 0.29) is 35.2 Å². The third-order valence-corrected chi connectivity index (χ3v) is 6.69. The number of hydrogen-bond acceptors (Lipinski definition) is 5. The summed E-state index contributed by atoms with van der Waals surface area (Å²) in [6, 6.07) is 5.68. The fourth-order valence-corrected chi connectivity index (χ4v) is 4.61. The number of nitrogens with one attached hydrogen (secondary N) is 2. The van der Waals surface area contributed by atoms with Gasteiger partial charge in [-0.3, -0.25) is 19.9 Å². The summed E-state index contributed by atoms with van der Waals surface area (Å²) in [6.45, 7) is 2.58. The van der Waals surface area contributed by atoms with Crippen LogP contribution in [0.2, 0.25) is 0 Å². The van der Waals surface area contributed by atoms with E-state index in [1.54, 1.807) is 30.0 Å². The van der Waals surface area contributed by atoms with Gasteiger partial charge in [0.2, 0.25) is 0 Å². The van der Waals surface area contributed by atoms with Crippen LogP contribution < -0.4 is 5.32 Å². The average molecular weight is 531 g/mol. The number of rotatable bonds is 7. The minimum atomic E-state index is -4.69. The number of nitrogens with zero attached hydrogens (tertiary/aromatic N) is 4. The normalized spacial score (nSPS) is 16.5.